The van der Waals surface area contributed by atoms with Crippen molar-refractivity contribution in [3.8, 4) is 0 Å². The van der Waals surface area contributed by atoms with Gasteiger partial charge in [-0.3, -0.25) is 0 Å². The molecule has 148 valence electrons. The first kappa shape index (κ1) is 21.4. The summed E-state index contributed by atoms with van der Waals surface area (Å²) in [6, 6.07) is 27.8. The number of hydrogen-bond donors (Lipinski definition) is 2. The van der Waals surface area contributed by atoms with Gasteiger partial charge in [0.2, 0.25) is 0 Å². The van der Waals surface area contributed by atoms with E-state index in [0.717, 1.165) is 0 Å². The Morgan fingerprint density at radius 1 is 0.621 bits per heavy atom. The van der Waals surface area contributed by atoms with Crippen molar-refractivity contribution in [3.05, 3.63) is 102 Å². The van der Waals surface area contributed by atoms with E-state index in [1.165, 1.54) is 28.2 Å². The van der Waals surface area contributed by atoms with Gasteiger partial charge in [-0.25, -0.2) is 9.59 Å². The molecular formula is C24H23NO4. The average Bonchev–Trinajstić information content (AvgIpc) is 2.71. The van der Waals surface area contributed by atoms with Crippen molar-refractivity contribution in [2.45, 2.75) is 13.8 Å². The molecule has 0 aliphatic heterocycles. The smallest absolute Gasteiger partial charge is 0.328 e. The van der Waals surface area contributed by atoms with Gasteiger partial charge in [-0.05, 0) is 50.2 Å². The van der Waals surface area contributed by atoms with Gasteiger partial charge in [-0.15, -0.1) is 0 Å². The van der Waals surface area contributed by atoms with Crippen molar-refractivity contribution >= 4 is 29.0 Å². The van der Waals surface area contributed by atoms with Crippen LogP contribution in [0.15, 0.2) is 91.0 Å². The molecule has 0 spiro atoms. The van der Waals surface area contributed by atoms with Gasteiger partial charge in [-0.2, -0.15) is 0 Å². The van der Waals surface area contributed by atoms with Crippen LogP contribution >= 0.6 is 0 Å². The number of para-hydroxylation sites is 1. The van der Waals surface area contributed by atoms with Gasteiger partial charge in [0.25, 0.3) is 0 Å². The normalized spacial score (nSPS) is 10.1. The summed E-state index contributed by atoms with van der Waals surface area (Å²) in [4.78, 5) is 21.4. The Labute approximate surface area is 170 Å². The fourth-order valence-corrected chi connectivity index (χ4v) is 2.55. The number of hydrogen-bond acceptors (Lipinski definition) is 3. The summed E-state index contributed by atoms with van der Waals surface area (Å²) < 4.78 is 0. The minimum Gasteiger partial charge on any atom is -0.478 e. The monoisotopic (exact) mass is 389 g/mol. The second-order valence-corrected chi connectivity index (χ2v) is 6.35. The number of carboxylic acids is 2. The highest BCUT2D eigenvalue weighted by molar-refractivity contribution is 5.89. The third-order valence-corrected chi connectivity index (χ3v) is 3.97. The zero-order chi connectivity index (χ0) is 21.2. The molecule has 29 heavy (non-hydrogen) atoms. The Hall–Kier alpha value is -3.86. The lowest BCUT2D eigenvalue weighted by atomic mass is 10.1. The molecule has 3 aromatic rings. The van der Waals surface area contributed by atoms with Crippen molar-refractivity contribution in [1.29, 1.82) is 0 Å². The van der Waals surface area contributed by atoms with Crippen LogP contribution in [0.3, 0.4) is 0 Å². The van der Waals surface area contributed by atoms with E-state index < -0.39 is 11.9 Å². The van der Waals surface area contributed by atoms with E-state index in [0.29, 0.717) is 12.2 Å². The summed E-state index contributed by atoms with van der Waals surface area (Å²) in [6.07, 6.45) is 1.12. The Bertz CT molecular complexity index is 901. The minimum absolute atomic E-state index is 0.558. The summed E-state index contributed by atoms with van der Waals surface area (Å²) in [7, 11) is 0. The number of benzene rings is 3. The molecule has 0 aliphatic carbocycles. The average molecular weight is 389 g/mol. The summed E-state index contributed by atoms with van der Waals surface area (Å²) in [5.74, 6) is -2.51. The van der Waals surface area contributed by atoms with Crippen LogP contribution in [-0.2, 0) is 9.59 Å². The van der Waals surface area contributed by atoms with Gasteiger partial charge in [0.15, 0.2) is 0 Å². The summed E-state index contributed by atoms with van der Waals surface area (Å²) in [6.45, 7) is 4.23. The van der Waals surface area contributed by atoms with Gasteiger partial charge in [0, 0.05) is 29.2 Å². The highest BCUT2D eigenvalue weighted by Crippen LogP contribution is 2.34. The third kappa shape index (κ3) is 6.99. The summed E-state index contributed by atoms with van der Waals surface area (Å²) in [5.41, 5.74) is 6.07. The Morgan fingerprint density at radius 2 is 0.966 bits per heavy atom. The van der Waals surface area contributed by atoms with E-state index in [2.05, 4.69) is 91.5 Å². The van der Waals surface area contributed by atoms with Gasteiger partial charge in [-0.1, -0.05) is 53.6 Å². The van der Waals surface area contributed by atoms with Crippen LogP contribution < -0.4 is 4.90 Å². The first-order chi connectivity index (χ1) is 13.9. The highest BCUT2D eigenvalue weighted by Gasteiger charge is 2.11. The van der Waals surface area contributed by atoms with Crippen LogP contribution in [0, 0.1) is 13.8 Å². The predicted octanol–water partition coefficient (Wildman–Crippen LogP) is 5.49. The summed E-state index contributed by atoms with van der Waals surface area (Å²) >= 11 is 0. The second kappa shape index (κ2) is 10.5. The van der Waals surface area contributed by atoms with Gasteiger partial charge in [0.05, 0.1) is 0 Å². The maximum absolute atomic E-state index is 9.55. The van der Waals surface area contributed by atoms with E-state index in [4.69, 9.17) is 10.2 Å². The van der Waals surface area contributed by atoms with Crippen molar-refractivity contribution in [2.75, 3.05) is 4.90 Å². The molecule has 0 atom stereocenters. The number of carbonyl (C=O) groups is 2. The molecule has 0 heterocycles. The zero-order valence-electron chi connectivity index (χ0n) is 16.3. The van der Waals surface area contributed by atoms with Gasteiger partial charge < -0.3 is 15.1 Å². The van der Waals surface area contributed by atoms with Crippen LogP contribution in [0.2, 0.25) is 0 Å². The van der Waals surface area contributed by atoms with Crippen molar-refractivity contribution in [3.63, 3.8) is 0 Å². The Morgan fingerprint density at radius 3 is 1.31 bits per heavy atom. The fraction of sp³-hybridized carbons (Fsp3) is 0.0833. The molecule has 0 saturated carbocycles. The molecule has 0 saturated heterocycles. The maximum Gasteiger partial charge on any atom is 0.328 e. The van der Waals surface area contributed by atoms with Crippen LogP contribution in [-0.4, -0.2) is 22.2 Å². The molecule has 0 unspecified atom stereocenters. The van der Waals surface area contributed by atoms with Crippen LogP contribution in [0.5, 0.6) is 0 Å². The highest BCUT2D eigenvalue weighted by atomic mass is 16.4. The fourth-order valence-electron chi connectivity index (χ4n) is 2.55. The van der Waals surface area contributed by atoms with E-state index in [9.17, 15) is 9.59 Å². The predicted molar refractivity (Wildman–Crippen MR) is 115 cm³/mol. The molecule has 0 amide bonds. The number of carboxylic acid groups (broad SMARTS) is 2. The van der Waals surface area contributed by atoms with Gasteiger partial charge >= 0.3 is 11.9 Å². The Kier molecular flexibility index (Phi) is 7.74. The zero-order valence-corrected chi connectivity index (χ0v) is 16.3. The SMILES string of the molecule is Cc1ccc(N(c2ccccc2)c2ccc(C)cc2)cc1.O=C(O)/C=C\C(=O)O. The van der Waals surface area contributed by atoms with Crippen LogP contribution in [0.4, 0.5) is 17.1 Å². The lowest BCUT2D eigenvalue weighted by molar-refractivity contribution is -0.134. The number of anilines is 3. The molecule has 5 heteroatoms. The molecule has 0 bridgehead atoms. The van der Waals surface area contributed by atoms with E-state index in [1.807, 2.05) is 6.07 Å². The molecule has 0 radical (unpaired) electrons. The number of aliphatic carboxylic acids is 2. The van der Waals surface area contributed by atoms with Crippen molar-refractivity contribution in [2.24, 2.45) is 0 Å². The molecule has 2 N–H and O–H groups in total. The number of aryl methyl sites for hydroxylation is 2. The topological polar surface area (TPSA) is 77.8 Å². The van der Waals surface area contributed by atoms with Crippen molar-refractivity contribution < 1.29 is 19.8 Å². The lowest BCUT2D eigenvalue weighted by Gasteiger charge is -2.25. The van der Waals surface area contributed by atoms with Gasteiger partial charge in [0.1, 0.15) is 0 Å². The van der Waals surface area contributed by atoms with Crippen LogP contribution in [0.1, 0.15) is 11.1 Å². The molecule has 5 nitrogen and oxygen atoms in total. The first-order valence-electron chi connectivity index (χ1n) is 8.99. The molecule has 3 aromatic carbocycles. The lowest BCUT2D eigenvalue weighted by Crippen LogP contribution is -2.09. The molecule has 0 aliphatic rings. The molecule has 0 fully saturated rings. The standard InChI is InChI=1S/C20H19N.C4H4O4/c1-16-8-12-19(13-9-16)21(18-6-4-3-5-7-18)20-14-10-17(2)11-15-20;5-3(6)1-2-4(7)8/h3-15H,1-2H3;1-2H,(H,5,6)(H,7,8)/b;2-1-. The minimum atomic E-state index is -1.26. The Balaban J connectivity index is 0.000000321. The van der Waals surface area contributed by atoms with E-state index in [-0.39, 0.29) is 0 Å². The third-order valence-electron chi connectivity index (χ3n) is 3.97. The molecule has 0 aromatic heterocycles. The number of nitrogens with zero attached hydrogens (tertiary/aromatic N) is 1. The van der Waals surface area contributed by atoms with Crippen LogP contribution in [0.25, 0.3) is 0 Å². The van der Waals surface area contributed by atoms with E-state index in [1.54, 1.807) is 0 Å². The molecule has 3 rings (SSSR count). The molecular weight excluding hydrogens is 366 g/mol. The maximum atomic E-state index is 9.55. The van der Waals surface area contributed by atoms with Crippen molar-refractivity contribution in [1.82, 2.24) is 0 Å². The quantitative estimate of drug-likeness (QED) is 0.565. The second-order valence-electron chi connectivity index (χ2n) is 6.35. The largest absolute Gasteiger partial charge is 0.478 e. The number of rotatable bonds is 5. The first-order valence-corrected chi connectivity index (χ1v) is 8.99. The summed E-state index contributed by atoms with van der Waals surface area (Å²) in [5, 5.41) is 15.6. The van der Waals surface area contributed by atoms with E-state index >= 15 is 0 Å².